The van der Waals surface area contributed by atoms with Crippen molar-refractivity contribution in [1.29, 1.82) is 0 Å². The van der Waals surface area contributed by atoms with E-state index in [-0.39, 0.29) is 52.1 Å². The number of carboxylic acids is 1. The van der Waals surface area contributed by atoms with Gasteiger partial charge in [-0.15, -0.1) is 5.10 Å². The van der Waals surface area contributed by atoms with Crippen LogP contribution in [0.1, 0.15) is 52.5 Å². The topological polar surface area (TPSA) is 313 Å². The number of halogens is 3. The van der Waals surface area contributed by atoms with Gasteiger partial charge in [-0.1, -0.05) is 41.2 Å². The minimum atomic E-state index is -5.08. The van der Waals surface area contributed by atoms with Crippen LogP contribution in [0, 0.1) is 0 Å². The first-order valence-corrected chi connectivity index (χ1v) is 26.5. The average Bonchev–Trinajstić information content (AvgIpc) is 4.45. The zero-order valence-corrected chi connectivity index (χ0v) is 45.0. The van der Waals surface area contributed by atoms with E-state index in [4.69, 9.17) is 19.4 Å². The molecule has 0 radical (unpaired) electrons. The Balaban J connectivity index is 0.00000121. The number of para-hydroxylation sites is 1. The highest BCUT2D eigenvalue weighted by Crippen LogP contribution is 2.41. The third-order valence-electron chi connectivity index (χ3n) is 11.9. The summed E-state index contributed by atoms with van der Waals surface area (Å²) in [5, 5.41) is 50.3. The van der Waals surface area contributed by atoms with Gasteiger partial charge in [0.1, 0.15) is 22.9 Å². The summed E-state index contributed by atoms with van der Waals surface area (Å²) in [6.07, 6.45) is -0.502. The van der Waals surface area contributed by atoms with Crippen molar-refractivity contribution in [2.75, 3.05) is 66.0 Å². The number of allylic oxidation sites excluding steroid dienone is 1. The lowest BCUT2D eigenvalue weighted by molar-refractivity contribution is -0.192. The second-order valence-corrected chi connectivity index (χ2v) is 19.1. The summed E-state index contributed by atoms with van der Waals surface area (Å²) in [4.78, 5) is 84.3. The Morgan fingerprint density at radius 1 is 0.759 bits per heavy atom. The Kier molecular flexibility index (Phi) is 19.7. The van der Waals surface area contributed by atoms with Gasteiger partial charge in [0.15, 0.2) is 11.5 Å². The molecule has 4 heterocycles. The van der Waals surface area contributed by atoms with E-state index in [1.165, 1.54) is 24.3 Å². The number of unbranched alkanes of at least 4 members (excludes halogenated alkanes) is 1. The number of carboxylic acid groups (broad SMARTS) is 1. The van der Waals surface area contributed by atoms with E-state index in [9.17, 15) is 42.3 Å². The number of aromatic nitrogens is 3. The number of ether oxygens (including phenoxy) is 2. The lowest BCUT2D eigenvalue weighted by atomic mass is 10.1. The number of aromatic hydroxyl groups is 1. The van der Waals surface area contributed by atoms with E-state index in [1.54, 1.807) is 60.3 Å². The summed E-state index contributed by atoms with van der Waals surface area (Å²) in [7, 11) is 0. The average molecular weight is 1160 g/mol. The molecule has 430 valence electrons. The van der Waals surface area contributed by atoms with Crippen molar-refractivity contribution >= 4 is 93.6 Å². The highest BCUT2D eigenvalue weighted by Gasteiger charge is 2.38. The number of thioether (sulfide) groups is 1. The van der Waals surface area contributed by atoms with Gasteiger partial charge in [-0.25, -0.2) is 19.2 Å². The highest BCUT2D eigenvalue weighted by atomic mass is 32.2. The fourth-order valence-electron chi connectivity index (χ4n) is 8.01. The number of aryl methyl sites for hydroxylation is 1. The number of amides is 5. The first-order chi connectivity index (χ1) is 40.0. The molecule has 0 fully saturated rings. The summed E-state index contributed by atoms with van der Waals surface area (Å²) in [6.45, 7) is 5.56. The first kappa shape index (κ1) is 59.0. The van der Waals surface area contributed by atoms with E-state index in [0.29, 0.717) is 72.4 Å². The number of benzene rings is 5. The lowest BCUT2D eigenvalue weighted by Gasteiger charge is -2.14. The Morgan fingerprint density at radius 2 is 1.35 bits per heavy atom. The smallest absolute Gasteiger partial charge is 0.490 e. The van der Waals surface area contributed by atoms with Gasteiger partial charge in [-0.2, -0.15) is 13.2 Å². The number of Topliss-reactive ketones (excluding diaryl/α,β-unsaturated/α-hetero) is 1. The van der Waals surface area contributed by atoms with Crippen molar-refractivity contribution in [2.45, 2.75) is 39.0 Å². The number of carbonyl (C=O) groups is 6. The van der Waals surface area contributed by atoms with Crippen LogP contribution in [0.25, 0.3) is 6.08 Å². The molecule has 5 amide bonds. The summed E-state index contributed by atoms with van der Waals surface area (Å²) >= 11 is 1.11. The fraction of sp³-hybridized carbons (Fsp3) is 0.214. The summed E-state index contributed by atoms with van der Waals surface area (Å²) in [6, 6.07) is 31.8. The molecule has 0 bridgehead atoms. The van der Waals surface area contributed by atoms with Crippen molar-refractivity contribution in [3.8, 4) is 11.5 Å². The third kappa shape index (κ3) is 16.9. The number of carbonyl (C=O) groups excluding carboxylic acids is 5. The highest BCUT2D eigenvalue weighted by molar-refractivity contribution is 8.08. The maximum Gasteiger partial charge on any atom is 0.490 e. The van der Waals surface area contributed by atoms with Crippen LogP contribution in [-0.4, -0.2) is 118 Å². The molecule has 9 rings (SSSR count). The largest absolute Gasteiger partial charge is 0.504 e. The predicted molar refractivity (Wildman–Crippen MR) is 305 cm³/mol. The van der Waals surface area contributed by atoms with Gasteiger partial charge in [-0.3, -0.25) is 24.3 Å². The molecule has 0 unspecified atom stereocenters. The van der Waals surface area contributed by atoms with Crippen LogP contribution in [0.3, 0.4) is 0 Å². The molecule has 10 N–H and O–H groups in total. The Bertz CT molecular complexity index is 3400. The number of aliphatic imine (C=N–C) groups is 2. The minimum Gasteiger partial charge on any atom is -0.504 e. The number of nitrogens with zero attached hydrogens (tertiary/aromatic N) is 5. The molecule has 5 aromatic carbocycles. The van der Waals surface area contributed by atoms with Gasteiger partial charge in [0.25, 0.3) is 5.91 Å². The number of ketones is 1. The number of phenols is 1. The monoisotopic (exact) mass is 1160 g/mol. The third-order valence-corrected chi connectivity index (χ3v) is 12.9. The van der Waals surface area contributed by atoms with Gasteiger partial charge >= 0.3 is 30.2 Å². The number of urea groups is 2. The van der Waals surface area contributed by atoms with Crippen LogP contribution < -0.4 is 47.3 Å². The van der Waals surface area contributed by atoms with Crippen LogP contribution in [0.5, 0.6) is 11.5 Å². The number of rotatable bonds is 20. The molecule has 1 aromatic heterocycles. The molecule has 3 aliphatic heterocycles. The SMILES string of the molecule is CCOC(=O)C1=C(Nc2ccccc2)S/C(=C\c2ccc(OCCCCn3cc(CNC(=O)c4cc(NC(=O)Nc5ccc(C6=NCCN6)cc5)cc(NC(=O)Nc5ccc(C6=NCCN6)cc5)c4)nn3)c(O)c2)C1=O.O=C(O)C(F)(F)F. The molecule has 0 saturated carbocycles. The number of nitrogens with one attached hydrogen (secondary N) is 8. The van der Waals surface area contributed by atoms with E-state index in [1.807, 2.05) is 54.6 Å². The molecule has 23 nitrogen and oxygen atoms in total. The lowest BCUT2D eigenvalue weighted by Crippen LogP contribution is -2.25. The zero-order valence-electron chi connectivity index (χ0n) is 44.1. The van der Waals surface area contributed by atoms with Crippen LogP contribution in [0.4, 0.5) is 51.2 Å². The molecule has 3 aliphatic rings. The number of hydrogen-bond donors (Lipinski definition) is 10. The number of hydrogen-bond acceptors (Lipinski definition) is 17. The molecule has 0 saturated heterocycles. The second kappa shape index (κ2) is 27.8. The minimum absolute atomic E-state index is 0.0345. The van der Waals surface area contributed by atoms with E-state index in [2.05, 4.69) is 62.8 Å². The molecule has 27 heteroatoms. The van der Waals surface area contributed by atoms with E-state index in [0.717, 1.165) is 47.6 Å². The van der Waals surface area contributed by atoms with Gasteiger partial charge in [0, 0.05) is 64.8 Å². The van der Waals surface area contributed by atoms with Crippen molar-refractivity contribution in [2.24, 2.45) is 9.98 Å². The number of esters is 1. The van der Waals surface area contributed by atoms with Crippen molar-refractivity contribution in [3.63, 3.8) is 0 Å². The van der Waals surface area contributed by atoms with Gasteiger partial charge in [0.2, 0.25) is 5.78 Å². The molecule has 0 spiro atoms. The quantitative estimate of drug-likeness (QED) is 0.0150. The molecule has 6 aromatic rings. The Morgan fingerprint density at radius 3 is 1.89 bits per heavy atom. The van der Waals surface area contributed by atoms with Crippen LogP contribution in [0.2, 0.25) is 0 Å². The number of phenolic OH excluding ortho intramolecular Hbond substituents is 1. The fourth-order valence-corrected chi connectivity index (χ4v) is 9.07. The molecule has 0 atom stereocenters. The zero-order chi connectivity index (χ0) is 58.9. The standard InChI is InChI=1S/C54H53N13O8S.C2HF3O2/c1-2-74-52(71)46-47(69)45(76-51(46)60-37-8-4-3-5-9-37)27-33-10-19-44(43(68)26-33)75-25-7-6-24-67-32-42(65-66-67)31-59-50(70)36-28-40(63-53(72)61-38-15-11-34(12-16-38)48-55-20-21-56-48)30-41(29-36)64-54(73)62-39-17-13-35(14-18-39)49-57-22-23-58-49;3-2(4,5)1(6)7/h3-5,8-19,26-30,32,60,68H,2,6-7,20-25,31H2,1H3,(H,55,56)(H,57,58)(H,59,70)(H2,61,63,72)(H2,62,64,73);(H,6,7)/b45-27-;. The second-order valence-electron chi connectivity index (χ2n) is 18.0. The summed E-state index contributed by atoms with van der Waals surface area (Å²) in [5.41, 5.74) is 5.14. The summed E-state index contributed by atoms with van der Waals surface area (Å²) < 4.78 is 44.4. The van der Waals surface area contributed by atoms with Crippen molar-refractivity contribution in [1.82, 2.24) is 30.9 Å². The number of alkyl halides is 3. The molecule has 0 aliphatic carbocycles. The molecule has 83 heavy (non-hydrogen) atoms. The van der Waals surface area contributed by atoms with Crippen LogP contribution >= 0.6 is 11.8 Å². The number of aliphatic carboxylic acids is 1. The summed E-state index contributed by atoms with van der Waals surface area (Å²) in [5.74, 6) is -2.70. The van der Waals surface area contributed by atoms with E-state index < -0.39 is 41.9 Å². The first-order valence-electron chi connectivity index (χ1n) is 25.7. The Hall–Kier alpha value is -10.2. The van der Waals surface area contributed by atoms with Crippen LogP contribution in [0.15, 0.2) is 147 Å². The maximum absolute atomic E-state index is 13.7. The number of amidine groups is 2. The van der Waals surface area contributed by atoms with Crippen molar-refractivity contribution < 1.29 is 61.6 Å². The van der Waals surface area contributed by atoms with Crippen LogP contribution in [-0.2, 0) is 32.2 Å². The predicted octanol–water partition coefficient (Wildman–Crippen LogP) is 7.94. The normalized spacial score (nSPS) is 14.0. The Labute approximate surface area is 475 Å². The van der Waals surface area contributed by atoms with Gasteiger partial charge in [0.05, 0.1) is 49.0 Å². The number of anilines is 5. The van der Waals surface area contributed by atoms with E-state index >= 15 is 0 Å². The maximum atomic E-state index is 13.7. The van der Waals surface area contributed by atoms with Gasteiger partial charge < -0.3 is 62.2 Å². The molecular formula is C56H54F3N13O10S. The van der Waals surface area contributed by atoms with Crippen molar-refractivity contribution in [3.05, 3.63) is 165 Å². The molecular weight excluding hydrogens is 1100 g/mol. The van der Waals surface area contributed by atoms with Gasteiger partial charge in [-0.05, 0) is 122 Å².